The number of carbonyl (C=O) groups is 2. The molecule has 2 N–H and O–H groups in total. The Labute approximate surface area is 151 Å². The lowest BCUT2D eigenvalue weighted by Crippen LogP contribution is -2.44. The smallest absolute Gasteiger partial charge is 0.322 e. The van der Waals surface area contributed by atoms with Crippen molar-refractivity contribution in [1.82, 2.24) is 9.88 Å². The fourth-order valence-electron chi connectivity index (χ4n) is 3.43. The first-order valence-electron chi connectivity index (χ1n) is 8.61. The van der Waals surface area contributed by atoms with Crippen molar-refractivity contribution in [2.24, 2.45) is 0 Å². The SMILES string of the molecule is CN(C(=O)Nc1cccc2[nH]ccc12)C1CCN(c2ccccc2)C1=O. The van der Waals surface area contributed by atoms with E-state index in [0.29, 0.717) is 13.0 Å². The van der Waals surface area contributed by atoms with E-state index in [1.807, 2.05) is 60.8 Å². The van der Waals surface area contributed by atoms with Crippen LogP contribution in [-0.2, 0) is 4.79 Å². The number of aromatic amines is 1. The van der Waals surface area contributed by atoms with Crippen molar-refractivity contribution in [2.75, 3.05) is 23.8 Å². The summed E-state index contributed by atoms with van der Waals surface area (Å²) in [6.45, 7) is 0.610. The van der Waals surface area contributed by atoms with Crippen LogP contribution in [0.4, 0.5) is 16.2 Å². The maximum Gasteiger partial charge on any atom is 0.322 e. The number of likely N-dealkylation sites (N-methyl/N-ethyl adjacent to an activating group) is 1. The third-order valence-corrected chi connectivity index (χ3v) is 4.87. The van der Waals surface area contributed by atoms with E-state index < -0.39 is 6.04 Å². The Morgan fingerprint density at radius 3 is 2.77 bits per heavy atom. The average Bonchev–Trinajstić information content (AvgIpc) is 3.29. The van der Waals surface area contributed by atoms with E-state index in [2.05, 4.69) is 10.3 Å². The molecule has 0 aliphatic carbocycles. The Bertz CT molecular complexity index is 951. The molecule has 1 atom stereocenters. The van der Waals surface area contributed by atoms with E-state index in [-0.39, 0.29) is 11.9 Å². The lowest BCUT2D eigenvalue weighted by Gasteiger charge is -2.24. The predicted molar refractivity (Wildman–Crippen MR) is 102 cm³/mol. The number of nitrogens with zero attached hydrogens (tertiary/aromatic N) is 2. The van der Waals surface area contributed by atoms with Crippen molar-refractivity contribution in [2.45, 2.75) is 12.5 Å². The lowest BCUT2D eigenvalue weighted by molar-refractivity contribution is -0.120. The van der Waals surface area contributed by atoms with Gasteiger partial charge in [-0.05, 0) is 36.8 Å². The molecule has 2 heterocycles. The number of para-hydroxylation sites is 1. The first kappa shape index (κ1) is 16.2. The monoisotopic (exact) mass is 348 g/mol. The third kappa shape index (κ3) is 2.79. The summed E-state index contributed by atoms with van der Waals surface area (Å²) in [4.78, 5) is 31.8. The largest absolute Gasteiger partial charge is 0.361 e. The molecular weight excluding hydrogens is 328 g/mol. The molecule has 0 radical (unpaired) electrons. The summed E-state index contributed by atoms with van der Waals surface area (Å²) >= 11 is 0. The Morgan fingerprint density at radius 2 is 1.96 bits per heavy atom. The first-order valence-corrected chi connectivity index (χ1v) is 8.61. The van der Waals surface area contributed by atoms with Crippen molar-refractivity contribution in [1.29, 1.82) is 0 Å². The zero-order chi connectivity index (χ0) is 18.1. The van der Waals surface area contributed by atoms with Gasteiger partial charge in [0, 0.05) is 36.4 Å². The first-order chi connectivity index (χ1) is 12.6. The van der Waals surface area contributed by atoms with Gasteiger partial charge in [-0.15, -0.1) is 0 Å². The normalized spacial score (nSPS) is 16.9. The lowest BCUT2D eigenvalue weighted by atomic mass is 10.2. The Hall–Kier alpha value is -3.28. The highest BCUT2D eigenvalue weighted by Crippen LogP contribution is 2.25. The predicted octanol–water partition coefficient (Wildman–Crippen LogP) is 3.44. The van der Waals surface area contributed by atoms with Gasteiger partial charge in [0.1, 0.15) is 6.04 Å². The minimum absolute atomic E-state index is 0.0475. The molecule has 1 aromatic heterocycles. The highest BCUT2D eigenvalue weighted by atomic mass is 16.2. The van der Waals surface area contributed by atoms with E-state index in [9.17, 15) is 9.59 Å². The van der Waals surface area contributed by atoms with Crippen molar-refractivity contribution >= 4 is 34.2 Å². The number of H-pyrrole nitrogens is 1. The minimum Gasteiger partial charge on any atom is -0.361 e. The summed E-state index contributed by atoms with van der Waals surface area (Å²) in [5.74, 6) is -0.0475. The maximum atomic E-state index is 12.8. The van der Waals surface area contributed by atoms with Gasteiger partial charge in [0.15, 0.2) is 0 Å². The van der Waals surface area contributed by atoms with Gasteiger partial charge in [0.05, 0.1) is 5.69 Å². The third-order valence-electron chi connectivity index (χ3n) is 4.87. The maximum absolute atomic E-state index is 12.8. The second kappa shape index (κ2) is 6.55. The van der Waals surface area contributed by atoms with Crippen LogP contribution in [0.5, 0.6) is 0 Å². The van der Waals surface area contributed by atoms with Crippen molar-refractivity contribution in [3.63, 3.8) is 0 Å². The van der Waals surface area contributed by atoms with Gasteiger partial charge in [0.25, 0.3) is 0 Å². The molecule has 1 aliphatic rings. The van der Waals surface area contributed by atoms with Gasteiger partial charge < -0.3 is 20.1 Å². The molecule has 6 heteroatoms. The minimum atomic E-state index is -0.458. The van der Waals surface area contributed by atoms with Gasteiger partial charge >= 0.3 is 6.03 Å². The quantitative estimate of drug-likeness (QED) is 0.761. The number of urea groups is 1. The number of nitrogens with one attached hydrogen (secondary N) is 2. The van der Waals surface area contributed by atoms with Crippen LogP contribution in [0, 0.1) is 0 Å². The second-order valence-corrected chi connectivity index (χ2v) is 6.42. The number of amides is 3. The van der Waals surface area contributed by atoms with E-state index in [4.69, 9.17) is 0 Å². The molecule has 4 rings (SSSR count). The molecular formula is C20H20N4O2. The molecule has 1 fully saturated rings. The number of benzene rings is 2. The summed E-state index contributed by atoms with van der Waals surface area (Å²) in [5, 5.41) is 3.86. The topological polar surface area (TPSA) is 68.4 Å². The molecule has 3 amide bonds. The summed E-state index contributed by atoms with van der Waals surface area (Å²) < 4.78 is 0. The van der Waals surface area contributed by atoms with Gasteiger partial charge in [-0.2, -0.15) is 0 Å². The summed E-state index contributed by atoms with van der Waals surface area (Å²) in [7, 11) is 1.67. The molecule has 1 aliphatic heterocycles. The van der Waals surface area contributed by atoms with Crippen LogP contribution >= 0.6 is 0 Å². The summed E-state index contributed by atoms with van der Waals surface area (Å²) in [6.07, 6.45) is 2.45. The molecule has 0 spiro atoms. The number of hydrogen-bond donors (Lipinski definition) is 2. The number of aromatic nitrogens is 1. The Balaban J connectivity index is 1.49. The standard InChI is InChI=1S/C20H20N4O2/c1-23(18-11-13-24(19(18)25)14-6-3-2-4-7-14)20(26)22-17-9-5-8-16-15(17)10-12-21-16/h2-10,12,18,21H,11,13H2,1H3,(H,22,26). The van der Waals surface area contributed by atoms with Crippen LogP contribution in [0.25, 0.3) is 10.9 Å². The van der Waals surface area contributed by atoms with Crippen LogP contribution in [-0.4, -0.2) is 41.5 Å². The van der Waals surface area contributed by atoms with E-state index in [0.717, 1.165) is 22.3 Å². The van der Waals surface area contributed by atoms with E-state index >= 15 is 0 Å². The van der Waals surface area contributed by atoms with Crippen LogP contribution in [0.1, 0.15) is 6.42 Å². The number of fused-ring (bicyclic) bond motifs is 1. The van der Waals surface area contributed by atoms with Crippen LogP contribution in [0.3, 0.4) is 0 Å². The molecule has 26 heavy (non-hydrogen) atoms. The zero-order valence-electron chi connectivity index (χ0n) is 14.5. The van der Waals surface area contributed by atoms with Crippen LogP contribution in [0.2, 0.25) is 0 Å². The molecule has 1 unspecified atom stereocenters. The molecule has 3 aromatic rings. The van der Waals surface area contributed by atoms with Gasteiger partial charge in [-0.1, -0.05) is 24.3 Å². The van der Waals surface area contributed by atoms with Gasteiger partial charge in [-0.3, -0.25) is 4.79 Å². The second-order valence-electron chi connectivity index (χ2n) is 6.42. The Morgan fingerprint density at radius 1 is 1.15 bits per heavy atom. The van der Waals surface area contributed by atoms with Crippen molar-refractivity contribution in [3.8, 4) is 0 Å². The average molecular weight is 348 g/mol. The highest BCUT2D eigenvalue weighted by Gasteiger charge is 2.37. The van der Waals surface area contributed by atoms with E-state index in [1.54, 1.807) is 11.9 Å². The van der Waals surface area contributed by atoms with Crippen molar-refractivity contribution in [3.05, 3.63) is 60.8 Å². The number of anilines is 2. The molecule has 6 nitrogen and oxygen atoms in total. The fraction of sp³-hybridized carbons (Fsp3) is 0.200. The van der Waals surface area contributed by atoms with Crippen LogP contribution < -0.4 is 10.2 Å². The highest BCUT2D eigenvalue weighted by molar-refractivity contribution is 6.04. The van der Waals surface area contributed by atoms with Gasteiger partial charge in [-0.25, -0.2) is 4.79 Å². The number of hydrogen-bond acceptors (Lipinski definition) is 2. The summed E-state index contributed by atoms with van der Waals surface area (Å²) in [5.41, 5.74) is 2.55. The number of carbonyl (C=O) groups excluding carboxylic acids is 2. The molecule has 1 saturated heterocycles. The molecule has 2 aromatic carbocycles. The van der Waals surface area contributed by atoms with Crippen molar-refractivity contribution < 1.29 is 9.59 Å². The van der Waals surface area contributed by atoms with Gasteiger partial charge in [0.2, 0.25) is 5.91 Å². The molecule has 0 saturated carbocycles. The Kier molecular flexibility index (Phi) is 4.08. The zero-order valence-corrected chi connectivity index (χ0v) is 14.5. The fourth-order valence-corrected chi connectivity index (χ4v) is 3.43. The molecule has 132 valence electrons. The van der Waals surface area contributed by atoms with Crippen LogP contribution in [0.15, 0.2) is 60.8 Å². The molecule has 0 bridgehead atoms. The number of rotatable bonds is 3. The summed E-state index contributed by atoms with van der Waals surface area (Å²) in [6, 6.07) is 16.4. The van der Waals surface area contributed by atoms with E-state index in [1.165, 1.54) is 4.90 Å².